The molecule has 0 aromatic carbocycles. The lowest BCUT2D eigenvalue weighted by molar-refractivity contribution is 0.469. The van der Waals surface area contributed by atoms with Gasteiger partial charge in [-0.25, -0.2) is 0 Å². The minimum atomic E-state index is 0.322. The molecule has 0 amide bonds. The summed E-state index contributed by atoms with van der Waals surface area (Å²) in [5.41, 5.74) is 5.60. The van der Waals surface area contributed by atoms with E-state index in [4.69, 9.17) is 5.73 Å². The van der Waals surface area contributed by atoms with Crippen LogP contribution in [0.2, 0.25) is 0 Å². The van der Waals surface area contributed by atoms with Gasteiger partial charge in [0.1, 0.15) is 0 Å². The first-order valence-corrected chi connectivity index (χ1v) is 3.63. The Hall–Kier alpha value is -0.0800. The van der Waals surface area contributed by atoms with Gasteiger partial charge in [0.15, 0.2) is 0 Å². The third-order valence-electron chi connectivity index (χ3n) is 1.56. The minimum Gasteiger partial charge on any atom is -0.328 e. The first-order valence-electron chi connectivity index (χ1n) is 3.63. The van der Waals surface area contributed by atoms with Gasteiger partial charge in [-0.1, -0.05) is 6.92 Å². The minimum absolute atomic E-state index is 0.322. The largest absolute Gasteiger partial charge is 0.328 e. The Balaban J connectivity index is 3.31. The lowest BCUT2D eigenvalue weighted by Crippen LogP contribution is -2.31. The topological polar surface area (TPSA) is 38.0 Å². The van der Waals surface area contributed by atoms with E-state index in [1.165, 1.54) is 0 Å². The van der Waals surface area contributed by atoms with Crippen LogP contribution in [0.1, 0.15) is 26.7 Å². The molecule has 0 aliphatic rings. The molecule has 3 N–H and O–H groups in total. The molecule has 0 aromatic rings. The number of nitrogens with two attached hydrogens (primary N) is 1. The summed E-state index contributed by atoms with van der Waals surface area (Å²) >= 11 is 0. The average Bonchev–Trinajstić information content (AvgIpc) is 1.82. The summed E-state index contributed by atoms with van der Waals surface area (Å²) in [7, 11) is 1.98. The van der Waals surface area contributed by atoms with Crippen molar-refractivity contribution < 1.29 is 0 Å². The molecule has 0 aliphatic carbocycles. The molecule has 0 aromatic heterocycles. The van der Waals surface area contributed by atoms with Crippen molar-refractivity contribution in [2.75, 3.05) is 7.05 Å². The highest BCUT2D eigenvalue weighted by molar-refractivity contribution is 4.67. The normalized spacial score (nSPS) is 17.3. The molecule has 0 heterocycles. The summed E-state index contributed by atoms with van der Waals surface area (Å²) in [6.07, 6.45) is 2.24. The summed E-state index contributed by atoms with van der Waals surface area (Å²) in [6.45, 7) is 4.21. The second-order valence-corrected chi connectivity index (χ2v) is 2.61. The number of hydrogen-bond donors (Lipinski definition) is 2. The SMILES string of the molecule is CCC(C[C@H](C)N)NC. The van der Waals surface area contributed by atoms with Crippen LogP contribution in [0.5, 0.6) is 0 Å². The lowest BCUT2D eigenvalue weighted by atomic mass is 10.1. The van der Waals surface area contributed by atoms with Crippen LogP contribution in [0.25, 0.3) is 0 Å². The highest BCUT2D eigenvalue weighted by atomic mass is 14.9. The monoisotopic (exact) mass is 130 g/mol. The van der Waals surface area contributed by atoms with Crippen LogP contribution in [0.4, 0.5) is 0 Å². The van der Waals surface area contributed by atoms with Crippen LogP contribution in [0, 0.1) is 0 Å². The fourth-order valence-corrected chi connectivity index (χ4v) is 0.937. The van der Waals surface area contributed by atoms with Crippen molar-refractivity contribution in [3.05, 3.63) is 0 Å². The Labute approximate surface area is 57.8 Å². The Morgan fingerprint density at radius 1 is 1.56 bits per heavy atom. The molecule has 2 nitrogen and oxygen atoms in total. The van der Waals surface area contributed by atoms with Gasteiger partial charge in [-0.05, 0) is 26.8 Å². The molecule has 1 unspecified atom stereocenters. The maximum absolute atomic E-state index is 5.60. The van der Waals surface area contributed by atoms with Gasteiger partial charge in [-0.15, -0.1) is 0 Å². The molecule has 0 radical (unpaired) electrons. The number of nitrogens with one attached hydrogen (secondary N) is 1. The zero-order chi connectivity index (χ0) is 7.28. The van der Waals surface area contributed by atoms with Crippen LogP contribution in [0.15, 0.2) is 0 Å². The Morgan fingerprint density at radius 2 is 2.11 bits per heavy atom. The maximum Gasteiger partial charge on any atom is 0.00760 e. The van der Waals surface area contributed by atoms with Crippen LogP contribution in [0.3, 0.4) is 0 Å². The smallest absolute Gasteiger partial charge is 0.00760 e. The summed E-state index contributed by atoms with van der Waals surface area (Å²) in [5, 5.41) is 3.20. The number of rotatable bonds is 4. The lowest BCUT2D eigenvalue weighted by Gasteiger charge is -2.15. The fourth-order valence-electron chi connectivity index (χ4n) is 0.937. The van der Waals surface area contributed by atoms with E-state index in [0.717, 1.165) is 12.8 Å². The Kier molecular flexibility index (Phi) is 4.72. The van der Waals surface area contributed by atoms with Gasteiger partial charge in [0.2, 0.25) is 0 Å². The van der Waals surface area contributed by atoms with Gasteiger partial charge < -0.3 is 11.1 Å². The van der Waals surface area contributed by atoms with E-state index in [1.807, 2.05) is 14.0 Å². The number of hydrogen-bond acceptors (Lipinski definition) is 2. The molecule has 0 fully saturated rings. The van der Waals surface area contributed by atoms with Gasteiger partial charge in [0, 0.05) is 12.1 Å². The molecular formula is C7H18N2. The molecule has 0 rings (SSSR count). The van der Waals surface area contributed by atoms with E-state index in [9.17, 15) is 0 Å². The third-order valence-corrected chi connectivity index (χ3v) is 1.56. The first-order chi connectivity index (χ1) is 4.20. The average molecular weight is 130 g/mol. The van der Waals surface area contributed by atoms with Crippen molar-refractivity contribution >= 4 is 0 Å². The summed E-state index contributed by atoms with van der Waals surface area (Å²) in [4.78, 5) is 0. The van der Waals surface area contributed by atoms with Gasteiger partial charge in [-0.3, -0.25) is 0 Å². The predicted molar refractivity (Wildman–Crippen MR) is 41.4 cm³/mol. The van der Waals surface area contributed by atoms with Crippen LogP contribution in [-0.4, -0.2) is 19.1 Å². The summed E-state index contributed by atoms with van der Waals surface area (Å²) in [5.74, 6) is 0. The molecule has 0 spiro atoms. The Bertz CT molecular complexity index is 57.9. The second kappa shape index (κ2) is 4.77. The zero-order valence-electron chi connectivity index (χ0n) is 6.65. The molecular weight excluding hydrogens is 112 g/mol. The quantitative estimate of drug-likeness (QED) is 0.588. The van der Waals surface area contributed by atoms with Crippen molar-refractivity contribution in [2.24, 2.45) is 5.73 Å². The van der Waals surface area contributed by atoms with E-state index in [0.29, 0.717) is 12.1 Å². The van der Waals surface area contributed by atoms with E-state index < -0.39 is 0 Å². The predicted octanol–water partition coefficient (Wildman–Crippen LogP) is 0.722. The van der Waals surface area contributed by atoms with Crippen LogP contribution < -0.4 is 11.1 Å². The third kappa shape index (κ3) is 4.43. The van der Waals surface area contributed by atoms with Gasteiger partial charge in [0.05, 0.1) is 0 Å². The van der Waals surface area contributed by atoms with Gasteiger partial charge in [-0.2, -0.15) is 0 Å². The molecule has 2 atom stereocenters. The molecule has 0 saturated carbocycles. The Morgan fingerprint density at radius 3 is 2.22 bits per heavy atom. The summed E-state index contributed by atoms with van der Waals surface area (Å²) in [6, 6.07) is 0.924. The molecule has 56 valence electrons. The summed E-state index contributed by atoms with van der Waals surface area (Å²) < 4.78 is 0. The molecule has 9 heavy (non-hydrogen) atoms. The van der Waals surface area contributed by atoms with E-state index >= 15 is 0 Å². The molecule has 0 bridgehead atoms. The van der Waals surface area contributed by atoms with Crippen molar-refractivity contribution in [2.45, 2.75) is 38.8 Å². The standard InChI is InChI=1S/C7H18N2/c1-4-7(9-3)5-6(2)8/h6-7,9H,4-5,8H2,1-3H3/t6-,7?/m0/s1. The van der Waals surface area contributed by atoms with Crippen LogP contribution >= 0.6 is 0 Å². The van der Waals surface area contributed by atoms with Gasteiger partial charge in [0.25, 0.3) is 0 Å². The molecule has 0 aliphatic heterocycles. The zero-order valence-corrected chi connectivity index (χ0v) is 6.65. The van der Waals surface area contributed by atoms with E-state index in [-0.39, 0.29) is 0 Å². The van der Waals surface area contributed by atoms with Crippen molar-refractivity contribution in [3.8, 4) is 0 Å². The van der Waals surface area contributed by atoms with Crippen molar-refractivity contribution in [3.63, 3.8) is 0 Å². The van der Waals surface area contributed by atoms with Crippen molar-refractivity contribution in [1.82, 2.24) is 5.32 Å². The molecule has 2 heteroatoms. The second-order valence-electron chi connectivity index (χ2n) is 2.61. The highest BCUT2D eigenvalue weighted by Gasteiger charge is 2.04. The first kappa shape index (κ1) is 8.92. The fraction of sp³-hybridized carbons (Fsp3) is 1.00. The molecule has 0 saturated heterocycles. The van der Waals surface area contributed by atoms with E-state index in [1.54, 1.807) is 0 Å². The van der Waals surface area contributed by atoms with Crippen molar-refractivity contribution in [1.29, 1.82) is 0 Å². The highest BCUT2D eigenvalue weighted by Crippen LogP contribution is 1.98. The van der Waals surface area contributed by atoms with E-state index in [2.05, 4.69) is 12.2 Å². The maximum atomic E-state index is 5.60. The van der Waals surface area contributed by atoms with Gasteiger partial charge >= 0.3 is 0 Å². The van der Waals surface area contributed by atoms with Crippen LogP contribution in [-0.2, 0) is 0 Å².